The summed E-state index contributed by atoms with van der Waals surface area (Å²) < 4.78 is 0. The van der Waals surface area contributed by atoms with Gasteiger partial charge in [0.25, 0.3) is 5.91 Å². The van der Waals surface area contributed by atoms with Gasteiger partial charge in [-0.3, -0.25) is 9.59 Å². The van der Waals surface area contributed by atoms with Gasteiger partial charge in [-0.15, -0.1) is 11.3 Å². The number of aliphatic hydroxyl groups is 1. The van der Waals surface area contributed by atoms with Crippen LogP contribution in [0.25, 0.3) is 0 Å². The molecule has 2 N–H and O–H groups in total. The molecule has 0 bridgehead atoms. The largest absolute Gasteiger partial charge is 0.396 e. The van der Waals surface area contributed by atoms with Crippen LogP contribution in [0, 0.1) is 0 Å². The Morgan fingerprint density at radius 2 is 2.16 bits per heavy atom. The van der Waals surface area contributed by atoms with Crippen LogP contribution in [0.4, 0.5) is 0 Å². The van der Waals surface area contributed by atoms with E-state index in [9.17, 15) is 9.59 Å². The van der Waals surface area contributed by atoms with Crippen LogP contribution in [0.3, 0.4) is 0 Å². The highest BCUT2D eigenvalue weighted by Gasteiger charge is 2.15. The second-order valence-electron chi connectivity index (χ2n) is 4.27. The molecule has 0 aliphatic carbocycles. The molecule has 1 rings (SSSR count). The minimum Gasteiger partial charge on any atom is -0.396 e. The fourth-order valence-electron chi connectivity index (χ4n) is 1.57. The number of nitrogens with zero attached hydrogens (tertiary/aromatic N) is 1. The molecule has 1 heterocycles. The Morgan fingerprint density at radius 1 is 1.37 bits per heavy atom. The third-order valence-corrected chi connectivity index (χ3v) is 3.47. The SMILES string of the molecule is CN(CC(=O)NCCCCCO)C(=O)c1cccs1. The van der Waals surface area contributed by atoms with Crippen LogP contribution < -0.4 is 5.32 Å². The van der Waals surface area contributed by atoms with Gasteiger partial charge in [0.1, 0.15) is 0 Å². The average molecular weight is 284 g/mol. The zero-order chi connectivity index (χ0) is 14.1. The Kier molecular flexibility index (Phi) is 7.14. The van der Waals surface area contributed by atoms with Crippen LogP contribution in [0.1, 0.15) is 28.9 Å². The Bertz CT molecular complexity index is 393. The Morgan fingerprint density at radius 3 is 2.79 bits per heavy atom. The van der Waals surface area contributed by atoms with Crippen molar-refractivity contribution < 1.29 is 14.7 Å². The zero-order valence-electron chi connectivity index (χ0n) is 11.1. The van der Waals surface area contributed by atoms with Crippen molar-refractivity contribution in [3.63, 3.8) is 0 Å². The first-order chi connectivity index (χ1) is 9.15. The van der Waals surface area contributed by atoms with Crippen LogP contribution in [-0.4, -0.2) is 48.6 Å². The number of carbonyl (C=O) groups excluding carboxylic acids is 2. The molecule has 0 saturated carbocycles. The summed E-state index contributed by atoms with van der Waals surface area (Å²) in [6, 6.07) is 3.56. The highest BCUT2D eigenvalue weighted by molar-refractivity contribution is 7.12. The predicted octanol–water partition coefficient (Wildman–Crippen LogP) is 1.10. The number of hydrogen-bond acceptors (Lipinski definition) is 4. The van der Waals surface area contributed by atoms with Gasteiger partial charge < -0.3 is 15.3 Å². The van der Waals surface area contributed by atoms with E-state index in [1.54, 1.807) is 13.1 Å². The quantitative estimate of drug-likeness (QED) is 0.702. The minimum atomic E-state index is -0.156. The van der Waals surface area contributed by atoms with Crippen molar-refractivity contribution in [1.29, 1.82) is 0 Å². The molecule has 19 heavy (non-hydrogen) atoms. The Labute approximate surface area is 117 Å². The number of thiophene rings is 1. The van der Waals surface area contributed by atoms with Crippen LogP contribution >= 0.6 is 11.3 Å². The summed E-state index contributed by atoms with van der Waals surface area (Å²) in [4.78, 5) is 25.5. The third-order valence-electron chi connectivity index (χ3n) is 2.62. The lowest BCUT2D eigenvalue weighted by molar-refractivity contribution is -0.121. The molecule has 0 aromatic carbocycles. The summed E-state index contributed by atoms with van der Waals surface area (Å²) in [7, 11) is 1.62. The molecule has 0 radical (unpaired) electrons. The number of likely N-dealkylation sites (N-methyl/N-ethyl adjacent to an activating group) is 1. The van der Waals surface area contributed by atoms with E-state index in [-0.39, 0.29) is 25.0 Å². The lowest BCUT2D eigenvalue weighted by atomic mass is 10.2. The van der Waals surface area contributed by atoms with Gasteiger partial charge in [-0.2, -0.15) is 0 Å². The number of aliphatic hydroxyl groups excluding tert-OH is 1. The fourth-order valence-corrected chi connectivity index (χ4v) is 2.29. The van der Waals surface area contributed by atoms with Gasteiger partial charge in [-0.05, 0) is 30.7 Å². The van der Waals surface area contributed by atoms with Gasteiger partial charge in [0, 0.05) is 20.2 Å². The standard InChI is InChI=1S/C13H20N2O3S/c1-15(13(18)11-6-5-9-19-11)10-12(17)14-7-3-2-4-8-16/h5-6,9,16H,2-4,7-8,10H2,1H3,(H,14,17). The van der Waals surface area contributed by atoms with Crippen molar-refractivity contribution in [3.8, 4) is 0 Å². The van der Waals surface area contributed by atoms with E-state index in [1.807, 2.05) is 11.4 Å². The maximum atomic E-state index is 11.9. The summed E-state index contributed by atoms with van der Waals surface area (Å²) in [5.41, 5.74) is 0. The second-order valence-corrected chi connectivity index (χ2v) is 5.22. The summed E-state index contributed by atoms with van der Waals surface area (Å²) in [5.74, 6) is -0.290. The van der Waals surface area contributed by atoms with Crippen molar-refractivity contribution in [2.45, 2.75) is 19.3 Å². The van der Waals surface area contributed by atoms with Crippen LogP contribution in [-0.2, 0) is 4.79 Å². The van der Waals surface area contributed by atoms with Gasteiger partial charge in [-0.25, -0.2) is 0 Å². The van der Waals surface area contributed by atoms with E-state index in [4.69, 9.17) is 5.11 Å². The molecule has 0 saturated heterocycles. The molecule has 2 amide bonds. The summed E-state index contributed by atoms with van der Waals surface area (Å²) in [6.45, 7) is 0.836. The monoisotopic (exact) mass is 284 g/mol. The molecule has 0 aliphatic heterocycles. The van der Waals surface area contributed by atoms with Crippen molar-refractivity contribution in [3.05, 3.63) is 22.4 Å². The van der Waals surface area contributed by atoms with E-state index >= 15 is 0 Å². The highest BCUT2D eigenvalue weighted by Crippen LogP contribution is 2.10. The number of carbonyl (C=O) groups is 2. The first-order valence-corrected chi connectivity index (χ1v) is 7.19. The minimum absolute atomic E-state index is 0.0662. The number of amides is 2. The van der Waals surface area contributed by atoms with E-state index in [2.05, 4.69) is 5.32 Å². The lowest BCUT2D eigenvalue weighted by Crippen LogP contribution is -2.38. The second kappa shape index (κ2) is 8.66. The van der Waals surface area contributed by atoms with Gasteiger partial charge in [0.15, 0.2) is 0 Å². The average Bonchev–Trinajstić information content (AvgIpc) is 2.91. The molecular formula is C13H20N2O3S. The molecule has 0 atom stereocenters. The van der Waals surface area contributed by atoms with Gasteiger partial charge in [-0.1, -0.05) is 6.07 Å². The Balaban J connectivity index is 2.22. The van der Waals surface area contributed by atoms with E-state index in [1.165, 1.54) is 16.2 Å². The van der Waals surface area contributed by atoms with E-state index < -0.39 is 0 Å². The molecule has 6 heteroatoms. The first kappa shape index (κ1) is 15.7. The number of rotatable bonds is 8. The number of hydrogen-bond donors (Lipinski definition) is 2. The van der Waals surface area contributed by atoms with Crippen molar-refractivity contribution in [2.75, 3.05) is 26.7 Å². The zero-order valence-corrected chi connectivity index (χ0v) is 11.9. The summed E-state index contributed by atoms with van der Waals surface area (Å²) >= 11 is 1.37. The first-order valence-electron chi connectivity index (χ1n) is 6.31. The maximum absolute atomic E-state index is 11.9. The van der Waals surface area contributed by atoms with Crippen LogP contribution in [0.15, 0.2) is 17.5 Å². The molecule has 0 aliphatic rings. The predicted molar refractivity (Wildman–Crippen MR) is 75.2 cm³/mol. The smallest absolute Gasteiger partial charge is 0.264 e. The molecule has 1 aromatic heterocycles. The van der Waals surface area contributed by atoms with E-state index in [0.717, 1.165) is 19.3 Å². The summed E-state index contributed by atoms with van der Waals surface area (Å²) in [6.07, 6.45) is 2.49. The molecule has 0 spiro atoms. The molecule has 0 fully saturated rings. The van der Waals surface area contributed by atoms with Crippen molar-refractivity contribution >= 4 is 23.2 Å². The van der Waals surface area contributed by atoms with Crippen LogP contribution in [0.2, 0.25) is 0 Å². The summed E-state index contributed by atoms with van der Waals surface area (Å²) in [5, 5.41) is 13.2. The van der Waals surface area contributed by atoms with Gasteiger partial charge >= 0.3 is 0 Å². The van der Waals surface area contributed by atoms with Crippen molar-refractivity contribution in [2.24, 2.45) is 0 Å². The van der Waals surface area contributed by atoms with E-state index in [0.29, 0.717) is 11.4 Å². The van der Waals surface area contributed by atoms with Crippen LogP contribution in [0.5, 0.6) is 0 Å². The molecule has 1 aromatic rings. The molecule has 0 unspecified atom stereocenters. The maximum Gasteiger partial charge on any atom is 0.264 e. The fraction of sp³-hybridized carbons (Fsp3) is 0.538. The lowest BCUT2D eigenvalue weighted by Gasteiger charge is -2.15. The highest BCUT2D eigenvalue weighted by atomic mass is 32.1. The molecule has 106 valence electrons. The number of nitrogens with one attached hydrogen (secondary N) is 1. The number of unbranched alkanes of at least 4 members (excludes halogenated alkanes) is 2. The molecule has 5 nitrogen and oxygen atoms in total. The van der Waals surface area contributed by atoms with Gasteiger partial charge in [0.05, 0.1) is 11.4 Å². The van der Waals surface area contributed by atoms with Gasteiger partial charge in [0.2, 0.25) is 5.91 Å². The van der Waals surface area contributed by atoms with Crippen molar-refractivity contribution in [1.82, 2.24) is 10.2 Å². The normalized spacial score (nSPS) is 10.2. The molecular weight excluding hydrogens is 264 g/mol. The topological polar surface area (TPSA) is 69.6 Å². The third kappa shape index (κ3) is 5.85. The Hall–Kier alpha value is -1.40.